The van der Waals surface area contributed by atoms with Gasteiger partial charge in [0, 0.05) is 30.0 Å². The van der Waals surface area contributed by atoms with Gasteiger partial charge < -0.3 is 5.11 Å². The molecule has 3 rings (SSSR count). The fourth-order valence-electron chi connectivity index (χ4n) is 2.83. The molecular formula is C17H14ClN3O5S. The van der Waals surface area contributed by atoms with Gasteiger partial charge in [-0.1, -0.05) is 24.3 Å². The predicted octanol–water partition coefficient (Wildman–Crippen LogP) is 2.43. The zero-order valence-electron chi connectivity index (χ0n) is 13.8. The van der Waals surface area contributed by atoms with Crippen LogP contribution in [0.15, 0.2) is 52.7 Å². The highest BCUT2D eigenvalue weighted by molar-refractivity contribution is 8.00. The number of carbonyl (C=O) groups excluding carboxylic acids is 1. The highest BCUT2D eigenvalue weighted by Crippen LogP contribution is 2.42. The normalized spacial score (nSPS) is 22.3. The Hall–Kier alpha value is -2.65. The van der Waals surface area contributed by atoms with Gasteiger partial charge in [-0.2, -0.15) is 0 Å². The van der Waals surface area contributed by atoms with Crippen LogP contribution in [-0.2, 0) is 9.59 Å². The van der Waals surface area contributed by atoms with Gasteiger partial charge in [-0.15, -0.1) is 23.4 Å². The number of hydrogen-bond donors (Lipinski definition) is 1. The summed E-state index contributed by atoms with van der Waals surface area (Å²) in [5.41, 5.74) is 0.904. The highest BCUT2D eigenvalue weighted by Gasteiger charge is 2.53. The number of benzene rings is 1. The quantitative estimate of drug-likeness (QED) is 0.255. The molecule has 0 radical (unpaired) electrons. The van der Waals surface area contributed by atoms with Crippen LogP contribution in [0.3, 0.4) is 0 Å². The smallest absolute Gasteiger partial charge is 0.352 e. The summed E-state index contributed by atoms with van der Waals surface area (Å²) in [6.07, 6.45) is 4.65. The molecule has 0 aromatic heterocycles. The van der Waals surface area contributed by atoms with E-state index in [0.29, 0.717) is 16.9 Å². The standard InChI is InChI=1S/C17H14ClN3O5S/c18-6-2-4-11-9-27-16-13(15(22)20(16)14(11)17(23)24)19-8-10-3-1-5-12(7-10)21(25)26/h1-5,7-8,13,16H,6,9H2,(H,23,24)/t13?,16-/m0/s1. The topological polar surface area (TPSA) is 113 Å². The number of carboxylic acids is 1. The number of alkyl halides is 1. The van der Waals surface area contributed by atoms with Crippen LogP contribution in [0.2, 0.25) is 0 Å². The second-order valence-corrected chi connectivity index (χ2v) is 7.13. The maximum atomic E-state index is 12.5. The largest absolute Gasteiger partial charge is 0.477 e. The van der Waals surface area contributed by atoms with Gasteiger partial charge in [0.05, 0.1) is 4.92 Å². The Kier molecular flexibility index (Phi) is 5.62. The third kappa shape index (κ3) is 3.74. The minimum Gasteiger partial charge on any atom is -0.477 e. The molecule has 0 saturated carbocycles. The van der Waals surface area contributed by atoms with Gasteiger partial charge in [0.1, 0.15) is 11.1 Å². The Balaban J connectivity index is 1.81. The molecule has 1 fully saturated rings. The SMILES string of the molecule is O=C(O)C1=C(C=CCCl)CS[C@H]2C(N=Cc3cccc([N+](=O)[O-])c3)C(=O)N12. The number of β-lactam (4-membered cyclic amide) rings is 1. The highest BCUT2D eigenvalue weighted by atomic mass is 35.5. The molecule has 1 aromatic carbocycles. The number of nitro groups is 1. The number of hydrogen-bond acceptors (Lipinski definition) is 6. The summed E-state index contributed by atoms with van der Waals surface area (Å²) in [7, 11) is 0. The lowest BCUT2D eigenvalue weighted by atomic mass is 10.0. The fraction of sp³-hybridized carbons (Fsp3) is 0.235. The van der Waals surface area contributed by atoms with Crippen LogP contribution in [-0.4, -0.2) is 56.1 Å². The van der Waals surface area contributed by atoms with Crippen LogP contribution >= 0.6 is 23.4 Å². The average Bonchev–Trinajstić information content (AvgIpc) is 2.65. The number of amides is 1. The van der Waals surface area contributed by atoms with Gasteiger partial charge in [-0.05, 0) is 11.1 Å². The zero-order chi connectivity index (χ0) is 19.6. The van der Waals surface area contributed by atoms with Gasteiger partial charge in [-0.25, -0.2) is 4.79 Å². The van der Waals surface area contributed by atoms with Crippen molar-refractivity contribution in [3.8, 4) is 0 Å². The van der Waals surface area contributed by atoms with Crippen molar-refractivity contribution in [1.82, 2.24) is 4.90 Å². The van der Waals surface area contributed by atoms with Gasteiger partial charge in [-0.3, -0.25) is 24.8 Å². The molecule has 1 amide bonds. The van der Waals surface area contributed by atoms with Crippen LogP contribution in [0.5, 0.6) is 0 Å². The summed E-state index contributed by atoms with van der Waals surface area (Å²) in [6, 6.07) is 5.18. The molecule has 10 heteroatoms. The number of aliphatic carboxylic acids is 1. The summed E-state index contributed by atoms with van der Waals surface area (Å²) in [4.78, 5) is 39.9. The molecule has 2 atom stereocenters. The molecule has 140 valence electrons. The van der Waals surface area contributed by atoms with Crippen LogP contribution < -0.4 is 0 Å². The third-order valence-corrected chi connectivity index (χ3v) is 5.51. The molecule has 0 bridgehead atoms. The Labute approximate surface area is 163 Å². The maximum Gasteiger partial charge on any atom is 0.352 e. The molecular weight excluding hydrogens is 394 g/mol. The van der Waals surface area contributed by atoms with E-state index in [1.807, 2.05) is 0 Å². The Morgan fingerprint density at radius 1 is 1.52 bits per heavy atom. The maximum absolute atomic E-state index is 12.5. The molecule has 8 nitrogen and oxygen atoms in total. The second kappa shape index (κ2) is 7.93. The van der Waals surface area contributed by atoms with Crippen molar-refractivity contribution in [2.45, 2.75) is 11.4 Å². The number of nitro benzene ring substituents is 1. The van der Waals surface area contributed by atoms with E-state index in [2.05, 4.69) is 4.99 Å². The number of carbonyl (C=O) groups is 2. The summed E-state index contributed by atoms with van der Waals surface area (Å²) in [5, 5.41) is 19.9. The predicted molar refractivity (Wildman–Crippen MR) is 102 cm³/mol. The van der Waals surface area contributed by atoms with E-state index in [0.717, 1.165) is 0 Å². The summed E-state index contributed by atoms with van der Waals surface area (Å²) < 4.78 is 0. The number of halogens is 1. The minimum absolute atomic E-state index is 0.0492. The van der Waals surface area contributed by atoms with Crippen molar-refractivity contribution in [2.24, 2.45) is 4.99 Å². The van der Waals surface area contributed by atoms with Crippen molar-refractivity contribution in [3.05, 3.63) is 63.4 Å². The summed E-state index contributed by atoms with van der Waals surface area (Å²) in [6.45, 7) is 0. The monoisotopic (exact) mass is 407 g/mol. The Morgan fingerprint density at radius 2 is 2.30 bits per heavy atom. The van der Waals surface area contributed by atoms with E-state index < -0.39 is 28.2 Å². The van der Waals surface area contributed by atoms with Crippen molar-refractivity contribution in [3.63, 3.8) is 0 Å². The molecule has 2 heterocycles. The average molecular weight is 408 g/mol. The minimum atomic E-state index is -1.18. The van der Waals surface area contributed by atoms with Crippen LogP contribution in [0.1, 0.15) is 5.56 Å². The van der Waals surface area contributed by atoms with Crippen molar-refractivity contribution in [2.75, 3.05) is 11.6 Å². The number of rotatable bonds is 6. The van der Waals surface area contributed by atoms with Crippen LogP contribution in [0.25, 0.3) is 0 Å². The van der Waals surface area contributed by atoms with Crippen molar-refractivity contribution < 1.29 is 19.6 Å². The fourth-order valence-corrected chi connectivity index (χ4v) is 4.23. The van der Waals surface area contributed by atoms with E-state index in [1.165, 1.54) is 41.1 Å². The van der Waals surface area contributed by atoms with Gasteiger partial charge >= 0.3 is 5.97 Å². The van der Waals surface area contributed by atoms with Crippen LogP contribution in [0.4, 0.5) is 5.69 Å². The lowest BCUT2D eigenvalue weighted by Crippen LogP contribution is -2.64. The molecule has 27 heavy (non-hydrogen) atoms. The van der Waals surface area contributed by atoms with E-state index >= 15 is 0 Å². The molecule has 1 aromatic rings. The Bertz CT molecular complexity index is 898. The number of fused-ring (bicyclic) bond motifs is 1. The summed E-state index contributed by atoms with van der Waals surface area (Å²) in [5.74, 6) is -0.923. The molecule has 0 aliphatic carbocycles. The molecule has 0 spiro atoms. The first-order chi connectivity index (χ1) is 12.9. The number of nitrogens with zero attached hydrogens (tertiary/aromatic N) is 3. The van der Waals surface area contributed by atoms with Gasteiger partial charge in [0.2, 0.25) is 0 Å². The van der Waals surface area contributed by atoms with E-state index in [-0.39, 0.29) is 17.3 Å². The first-order valence-electron chi connectivity index (χ1n) is 7.85. The third-order valence-electron chi connectivity index (χ3n) is 4.05. The van der Waals surface area contributed by atoms with Gasteiger partial charge in [0.25, 0.3) is 11.6 Å². The molecule has 1 N–H and O–H groups in total. The molecule has 1 unspecified atom stereocenters. The zero-order valence-corrected chi connectivity index (χ0v) is 15.4. The van der Waals surface area contributed by atoms with Gasteiger partial charge in [0.15, 0.2) is 6.04 Å². The molecule has 2 aliphatic heterocycles. The number of non-ortho nitro benzene ring substituents is 1. The number of thioether (sulfide) groups is 1. The first kappa shape index (κ1) is 19.1. The van der Waals surface area contributed by atoms with E-state index in [9.17, 15) is 24.8 Å². The number of aliphatic imine (C=N–C) groups is 1. The summed E-state index contributed by atoms with van der Waals surface area (Å²) >= 11 is 7.02. The van der Waals surface area contributed by atoms with Crippen LogP contribution in [0, 0.1) is 10.1 Å². The van der Waals surface area contributed by atoms with Crippen molar-refractivity contribution in [1.29, 1.82) is 0 Å². The van der Waals surface area contributed by atoms with E-state index in [1.54, 1.807) is 18.2 Å². The molecule has 1 saturated heterocycles. The lowest BCUT2D eigenvalue weighted by molar-refractivity contribution is -0.384. The van der Waals surface area contributed by atoms with Crippen molar-refractivity contribution >= 4 is 47.1 Å². The first-order valence-corrected chi connectivity index (χ1v) is 9.43. The van der Waals surface area contributed by atoms with E-state index in [4.69, 9.17) is 11.6 Å². The molecule has 2 aliphatic rings. The second-order valence-electron chi connectivity index (χ2n) is 5.72. The lowest BCUT2D eigenvalue weighted by Gasteiger charge is -2.47. The number of carboxylic acid groups (broad SMARTS) is 1. The number of allylic oxidation sites excluding steroid dienone is 2. The Morgan fingerprint density at radius 3 is 2.96 bits per heavy atom.